The van der Waals surface area contributed by atoms with Gasteiger partial charge in [-0.15, -0.1) is 0 Å². The predicted molar refractivity (Wildman–Crippen MR) is 174 cm³/mol. The van der Waals surface area contributed by atoms with Crippen molar-refractivity contribution in [2.75, 3.05) is 18.9 Å². The molecule has 3 aromatic rings. The first-order valence-electron chi connectivity index (χ1n) is 13.1. The number of hydrogen-bond donors (Lipinski definition) is 3. The molecule has 2 aromatic heterocycles. The minimum atomic E-state index is -4.11. The molecule has 1 aliphatic rings. The van der Waals surface area contributed by atoms with Crippen LogP contribution in [-0.4, -0.2) is 50.8 Å². The number of ether oxygens (including phenoxy) is 1. The second-order valence-corrected chi connectivity index (χ2v) is 14.3. The second kappa shape index (κ2) is 14.3. The Hall–Kier alpha value is -1.87. The lowest BCUT2D eigenvalue weighted by atomic mass is 10.1. The third kappa shape index (κ3) is 8.40. The minimum absolute atomic E-state index is 0.0265. The number of aromatic amines is 1. The van der Waals surface area contributed by atoms with Crippen LogP contribution in [0.1, 0.15) is 40.0 Å². The summed E-state index contributed by atoms with van der Waals surface area (Å²) < 4.78 is 39.6. The number of hydrogen-bond acceptors (Lipinski definition) is 10. The Balaban J connectivity index is 1.57. The molecule has 228 valence electrons. The molecule has 0 amide bonds. The monoisotopic (exact) mass is 796 g/mol. The van der Waals surface area contributed by atoms with Gasteiger partial charge in [0.25, 0.3) is 5.56 Å². The van der Waals surface area contributed by atoms with Crippen molar-refractivity contribution in [3.05, 3.63) is 51.0 Å². The smallest absolute Gasteiger partial charge is 0.459 e. The lowest BCUT2D eigenvalue weighted by molar-refractivity contribution is -0.150. The first-order chi connectivity index (χ1) is 20.0. The summed E-state index contributed by atoms with van der Waals surface area (Å²) in [6.45, 7) is 5.78. The third-order valence-corrected chi connectivity index (χ3v) is 9.84. The maximum absolute atomic E-state index is 14.1. The van der Waals surface area contributed by atoms with E-state index < -0.39 is 30.7 Å². The SMILES string of the molecule is CCC[C@H](C)OC(=O)[C@H](C)NP(=O)(OC[C@@]1(COPI)C/C1=C/n1cnc2c(=O)[nH]c(N)nc21)Oc1ccc(Br)cc1. The highest BCUT2D eigenvalue weighted by Crippen LogP contribution is 2.57. The Kier molecular flexibility index (Phi) is 11.2. The number of benzene rings is 1. The molecule has 1 saturated carbocycles. The van der Waals surface area contributed by atoms with E-state index in [1.54, 1.807) is 42.0 Å². The minimum Gasteiger partial charge on any atom is -0.462 e. The molecule has 13 nitrogen and oxygen atoms in total. The highest BCUT2D eigenvalue weighted by atomic mass is 127. The normalized spacial score (nSPS) is 20.5. The average molecular weight is 797 g/mol. The van der Waals surface area contributed by atoms with Crippen LogP contribution >= 0.6 is 52.2 Å². The summed E-state index contributed by atoms with van der Waals surface area (Å²) in [5.74, 6) is -0.302. The van der Waals surface area contributed by atoms with Crippen molar-refractivity contribution in [1.29, 1.82) is 0 Å². The van der Waals surface area contributed by atoms with Crippen LogP contribution in [0.25, 0.3) is 17.4 Å². The van der Waals surface area contributed by atoms with Crippen LogP contribution in [0, 0.1) is 5.41 Å². The van der Waals surface area contributed by atoms with Crippen LogP contribution in [0.4, 0.5) is 5.95 Å². The quantitative estimate of drug-likeness (QED) is 0.0998. The highest BCUT2D eigenvalue weighted by molar-refractivity contribution is 14.2. The van der Waals surface area contributed by atoms with Gasteiger partial charge < -0.3 is 19.5 Å². The summed E-state index contributed by atoms with van der Waals surface area (Å²) in [7, 11) is -4.11. The van der Waals surface area contributed by atoms with E-state index >= 15 is 0 Å². The first-order valence-corrected chi connectivity index (χ1v) is 19.4. The molecule has 0 aliphatic heterocycles. The molecule has 0 bridgehead atoms. The number of carbonyl (C=O) groups is 1. The first kappa shape index (κ1) is 33.0. The summed E-state index contributed by atoms with van der Waals surface area (Å²) in [5, 5.41) is 2.74. The Bertz CT molecular complexity index is 1550. The van der Waals surface area contributed by atoms with Crippen LogP contribution in [0.15, 0.2) is 45.4 Å². The molecule has 0 saturated heterocycles. The van der Waals surface area contributed by atoms with Crippen LogP contribution < -0.4 is 20.9 Å². The Morgan fingerprint density at radius 1 is 1.36 bits per heavy atom. The van der Waals surface area contributed by atoms with Crippen molar-refractivity contribution in [3.63, 3.8) is 0 Å². The predicted octanol–water partition coefficient (Wildman–Crippen LogP) is 5.57. The van der Waals surface area contributed by atoms with Crippen molar-refractivity contribution in [2.24, 2.45) is 5.41 Å². The number of aromatic nitrogens is 4. The van der Waals surface area contributed by atoms with Gasteiger partial charge in [0.05, 0.1) is 25.8 Å². The molecule has 0 spiro atoms. The van der Waals surface area contributed by atoms with Crippen molar-refractivity contribution in [2.45, 2.75) is 52.2 Å². The molecule has 1 aliphatic carbocycles. The van der Waals surface area contributed by atoms with E-state index in [0.717, 1.165) is 16.5 Å². The maximum Gasteiger partial charge on any atom is 0.459 e. The van der Waals surface area contributed by atoms with Crippen molar-refractivity contribution in [1.82, 2.24) is 24.6 Å². The number of imidazole rings is 1. The summed E-state index contributed by atoms with van der Waals surface area (Å²) in [6.07, 6.45) is 5.09. The van der Waals surface area contributed by atoms with E-state index in [2.05, 4.69) is 58.0 Å². The number of carbonyl (C=O) groups excluding carboxylic acids is 1. The number of halogens is 2. The molecular formula is C25H32BrIN6O7P2. The Labute approximate surface area is 265 Å². The molecule has 1 aromatic carbocycles. The van der Waals surface area contributed by atoms with Crippen molar-refractivity contribution < 1.29 is 27.7 Å². The van der Waals surface area contributed by atoms with E-state index in [-0.39, 0.29) is 37.2 Å². The van der Waals surface area contributed by atoms with Gasteiger partial charge in [-0.1, -0.05) is 29.3 Å². The van der Waals surface area contributed by atoms with Crippen LogP contribution in [0.3, 0.4) is 0 Å². The van der Waals surface area contributed by atoms with E-state index in [9.17, 15) is 14.2 Å². The largest absolute Gasteiger partial charge is 0.462 e. The number of rotatable bonds is 15. The summed E-state index contributed by atoms with van der Waals surface area (Å²) in [5.41, 5.74) is 6.00. The fourth-order valence-electron chi connectivity index (χ4n) is 4.19. The number of anilines is 1. The fourth-order valence-corrected chi connectivity index (χ4v) is 6.83. The van der Waals surface area contributed by atoms with Crippen LogP contribution in [-0.2, 0) is 23.1 Å². The number of H-pyrrole nitrogens is 1. The van der Waals surface area contributed by atoms with Crippen molar-refractivity contribution >= 4 is 81.4 Å². The zero-order chi connectivity index (χ0) is 30.5. The number of nitrogen functional groups attached to an aromatic ring is 1. The molecule has 17 heteroatoms. The lowest BCUT2D eigenvalue weighted by Crippen LogP contribution is -2.37. The summed E-state index contributed by atoms with van der Waals surface area (Å²) in [4.78, 5) is 35.7. The molecule has 2 unspecified atom stereocenters. The van der Waals surface area contributed by atoms with Gasteiger partial charge in [-0.2, -0.15) is 10.1 Å². The van der Waals surface area contributed by atoms with Crippen molar-refractivity contribution in [3.8, 4) is 5.75 Å². The van der Waals surface area contributed by atoms with Gasteiger partial charge in [-0.25, -0.2) is 9.55 Å². The molecule has 4 N–H and O–H groups in total. The average Bonchev–Trinajstić information content (AvgIpc) is 3.46. The van der Waals surface area contributed by atoms with E-state index in [4.69, 9.17) is 24.0 Å². The van der Waals surface area contributed by atoms with Gasteiger partial charge >= 0.3 is 13.7 Å². The molecule has 1 fully saturated rings. The Morgan fingerprint density at radius 2 is 2.10 bits per heavy atom. The summed E-state index contributed by atoms with van der Waals surface area (Å²) >= 11 is 5.50. The lowest BCUT2D eigenvalue weighted by Gasteiger charge is -2.25. The maximum atomic E-state index is 14.1. The van der Waals surface area contributed by atoms with Gasteiger partial charge in [-0.3, -0.25) is 23.7 Å². The number of esters is 1. The molecule has 5 atom stereocenters. The van der Waals surface area contributed by atoms with Gasteiger partial charge in [0.1, 0.15) is 18.1 Å². The molecule has 4 rings (SSSR count). The van der Waals surface area contributed by atoms with E-state index in [1.165, 1.54) is 6.33 Å². The van der Waals surface area contributed by atoms with E-state index in [0.29, 0.717) is 24.2 Å². The number of nitrogens with zero attached hydrogens (tertiary/aromatic N) is 3. The molecular weight excluding hydrogens is 765 g/mol. The van der Waals surface area contributed by atoms with E-state index in [1.807, 2.05) is 13.8 Å². The van der Waals surface area contributed by atoms with Gasteiger partial charge in [0, 0.05) is 16.1 Å². The number of nitrogens with one attached hydrogen (secondary N) is 2. The van der Waals surface area contributed by atoms with Crippen LogP contribution in [0.2, 0.25) is 0 Å². The number of fused-ring (bicyclic) bond motifs is 1. The molecule has 2 heterocycles. The zero-order valence-corrected chi connectivity index (χ0v) is 28.8. The fraction of sp³-hybridized carbons (Fsp3) is 0.440. The zero-order valence-electron chi connectivity index (χ0n) is 23.1. The second-order valence-electron chi connectivity index (χ2n) is 9.96. The topological polar surface area (TPSA) is 173 Å². The molecule has 0 radical (unpaired) electrons. The summed E-state index contributed by atoms with van der Waals surface area (Å²) in [6, 6.07) is 5.77. The Morgan fingerprint density at radius 3 is 2.79 bits per heavy atom. The van der Waals surface area contributed by atoms with Gasteiger partial charge in [-0.05, 0) is 78.6 Å². The molecule has 42 heavy (non-hydrogen) atoms. The third-order valence-electron chi connectivity index (χ3n) is 6.50. The van der Waals surface area contributed by atoms with Gasteiger partial charge in [0.2, 0.25) is 5.95 Å². The standard InChI is InChI=1S/C25H32BrIN6O7P2/c1-4-5-15(2)39-23(35)16(3)32-42(36,40-19-8-6-18(26)7-9-19)38-13-25(12-37-41-27)10-17(25)11-33-14-29-20-21(33)30-24(28)31-22(20)34/h6-9,11,14-16,41H,4-5,10,12-13H2,1-3H3,(H,32,36)(H3,28,30,31,34)/b17-11-/t15-,16-,25-,42?/m0/s1. The number of nitrogens with two attached hydrogens (primary N) is 1. The van der Waals surface area contributed by atoms with Crippen LogP contribution in [0.5, 0.6) is 5.75 Å². The highest BCUT2D eigenvalue weighted by Gasteiger charge is 2.51. The van der Waals surface area contributed by atoms with Gasteiger partial charge in [0.15, 0.2) is 11.2 Å².